The minimum Gasteiger partial charge on any atom is -0.496 e. The smallest absolute Gasteiger partial charge is 0.123 e. The van der Waals surface area contributed by atoms with Gasteiger partial charge in [-0.15, -0.1) is 0 Å². The van der Waals surface area contributed by atoms with E-state index in [1.807, 2.05) is 18.2 Å². The van der Waals surface area contributed by atoms with Crippen LogP contribution >= 0.6 is 0 Å². The first kappa shape index (κ1) is 24.4. The highest BCUT2D eigenvalue weighted by molar-refractivity contribution is 5.33. The summed E-state index contributed by atoms with van der Waals surface area (Å²) in [5.74, 6) is 2.94. The Morgan fingerprint density at radius 2 is 1.25 bits per heavy atom. The highest BCUT2D eigenvalue weighted by Crippen LogP contribution is 2.33. The van der Waals surface area contributed by atoms with Gasteiger partial charge in [0.1, 0.15) is 17.3 Å². The maximum absolute atomic E-state index is 5.82. The third-order valence-corrected chi connectivity index (χ3v) is 7.30. The summed E-state index contributed by atoms with van der Waals surface area (Å²) >= 11 is 0. The van der Waals surface area contributed by atoms with Gasteiger partial charge >= 0.3 is 0 Å². The Morgan fingerprint density at radius 3 is 1.83 bits per heavy atom. The first-order valence-corrected chi connectivity index (χ1v) is 13.0. The second kappa shape index (κ2) is 12.1. The van der Waals surface area contributed by atoms with Crippen LogP contribution in [0.25, 0.3) is 0 Å². The third-order valence-electron chi connectivity index (χ3n) is 7.30. The topological polar surface area (TPSA) is 42.0 Å². The van der Waals surface area contributed by atoms with Gasteiger partial charge < -0.3 is 13.6 Å². The minimum absolute atomic E-state index is 0.382. The summed E-state index contributed by atoms with van der Waals surface area (Å²) in [6.07, 6.45) is 8.35. The highest BCUT2D eigenvalue weighted by atomic mass is 16.5. The maximum Gasteiger partial charge on any atom is 0.123 e. The van der Waals surface area contributed by atoms with Crippen LogP contribution in [0.5, 0.6) is 5.75 Å². The fraction of sp³-hybridized carbons (Fsp3) is 0.355. The Hall–Kier alpha value is -3.28. The number of benzene rings is 2. The number of hydrogen-bond acceptors (Lipinski definition) is 5. The maximum atomic E-state index is 5.82. The number of rotatable bonds is 11. The van der Waals surface area contributed by atoms with Gasteiger partial charge in [-0.3, -0.25) is 9.80 Å². The summed E-state index contributed by atoms with van der Waals surface area (Å²) < 4.78 is 17.4. The molecule has 36 heavy (non-hydrogen) atoms. The van der Waals surface area contributed by atoms with Gasteiger partial charge in [0.25, 0.3) is 0 Å². The van der Waals surface area contributed by atoms with Crippen LogP contribution in [0.3, 0.4) is 0 Å². The molecule has 1 fully saturated rings. The first-order chi connectivity index (χ1) is 17.8. The second-order valence-electron chi connectivity index (χ2n) is 9.69. The molecule has 4 aromatic rings. The predicted molar refractivity (Wildman–Crippen MR) is 141 cm³/mol. The molecule has 2 aromatic heterocycles. The lowest BCUT2D eigenvalue weighted by Crippen LogP contribution is -2.52. The van der Waals surface area contributed by atoms with Crippen molar-refractivity contribution in [2.75, 3.05) is 7.11 Å². The van der Waals surface area contributed by atoms with E-state index in [1.165, 1.54) is 30.4 Å². The van der Waals surface area contributed by atoms with Crippen LogP contribution < -0.4 is 4.74 Å². The van der Waals surface area contributed by atoms with E-state index in [-0.39, 0.29) is 0 Å². The number of nitrogens with zero attached hydrogens (tertiary/aromatic N) is 2. The van der Waals surface area contributed by atoms with Crippen molar-refractivity contribution in [1.82, 2.24) is 9.80 Å². The lowest BCUT2D eigenvalue weighted by Gasteiger charge is -2.45. The Kier molecular flexibility index (Phi) is 8.21. The zero-order chi connectivity index (χ0) is 24.6. The number of para-hydroxylation sites is 1. The molecule has 5 rings (SSSR count). The zero-order valence-corrected chi connectivity index (χ0v) is 21.1. The quantitative estimate of drug-likeness (QED) is 0.232. The molecule has 0 radical (unpaired) electrons. The van der Waals surface area contributed by atoms with Crippen LogP contribution in [0, 0.1) is 0 Å². The van der Waals surface area contributed by atoms with Crippen molar-refractivity contribution in [3.8, 4) is 5.75 Å². The lowest BCUT2D eigenvalue weighted by atomic mass is 9.87. The van der Waals surface area contributed by atoms with Crippen LogP contribution in [0.15, 0.2) is 100 Å². The van der Waals surface area contributed by atoms with Gasteiger partial charge in [0.2, 0.25) is 0 Å². The van der Waals surface area contributed by atoms with Gasteiger partial charge in [-0.05, 0) is 48.7 Å². The van der Waals surface area contributed by atoms with Gasteiger partial charge in [-0.1, -0.05) is 61.4 Å². The van der Waals surface area contributed by atoms with E-state index in [1.54, 1.807) is 19.6 Å². The van der Waals surface area contributed by atoms with E-state index in [4.69, 9.17) is 13.6 Å². The molecule has 2 aromatic carbocycles. The average Bonchev–Trinajstić information content (AvgIpc) is 3.64. The van der Waals surface area contributed by atoms with Crippen molar-refractivity contribution >= 4 is 0 Å². The van der Waals surface area contributed by atoms with Gasteiger partial charge in [-0.2, -0.15) is 0 Å². The Balaban J connectivity index is 1.46. The van der Waals surface area contributed by atoms with Crippen molar-refractivity contribution in [2.45, 2.75) is 63.9 Å². The zero-order valence-electron chi connectivity index (χ0n) is 21.1. The molecule has 0 amide bonds. The third kappa shape index (κ3) is 6.10. The van der Waals surface area contributed by atoms with Crippen molar-refractivity contribution in [2.24, 2.45) is 0 Å². The molecule has 2 heterocycles. The van der Waals surface area contributed by atoms with Crippen LogP contribution in [0.2, 0.25) is 0 Å². The molecule has 0 spiro atoms. The second-order valence-corrected chi connectivity index (χ2v) is 9.69. The van der Waals surface area contributed by atoms with Crippen LogP contribution in [0.1, 0.15) is 48.3 Å². The van der Waals surface area contributed by atoms with Crippen LogP contribution in [-0.2, 0) is 26.2 Å². The van der Waals surface area contributed by atoms with Gasteiger partial charge in [0.15, 0.2) is 0 Å². The summed E-state index contributed by atoms with van der Waals surface area (Å²) in [7, 11) is 1.75. The lowest BCUT2D eigenvalue weighted by molar-refractivity contribution is 0.0231. The summed E-state index contributed by atoms with van der Waals surface area (Å²) in [5.41, 5.74) is 2.53. The molecule has 2 atom stereocenters. The van der Waals surface area contributed by atoms with Crippen LogP contribution in [0.4, 0.5) is 0 Å². The monoisotopic (exact) mass is 484 g/mol. The predicted octanol–water partition coefficient (Wildman–Crippen LogP) is 6.90. The molecule has 1 aliphatic rings. The summed E-state index contributed by atoms with van der Waals surface area (Å²) in [5, 5.41) is 0. The molecule has 1 saturated carbocycles. The van der Waals surface area contributed by atoms with Crippen molar-refractivity contribution < 1.29 is 13.6 Å². The Labute approximate surface area is 214 Å². The normalized spacial score (nSPS) is 18.1. The van der Waals surface area contributed by atoms with E-state index in [9.17, 15) is 0 Å². The van der Waals surface area contributed by atoms with E-state index >= 15 is 0 Å². The standard InChI is InChI=1S/C31H36N2O3/c1-34-31-18-8-5-13-26(31)22-33(24-28-15-10-20-36-28)30-17-7-6-16-29(30)32(23-27-14-9-19-35-27)21-25-11-3-2-4-12-25/h2-5,8-15,18-20,29-30H,6-7,16-17,21-24H2,1H3/t29-,30-/m1/s1. The molecule has 0 bridgehead atoms. The minimum atomic E-state index is 0.382. The van der Waals surface area contributed by atoms with Gasteiger partial charge in [0.05, 0.1) is 32.7 Å². The molecule has 1 aliphatic carbocycles. The summed E-state index contributed by atoms with van der Waals surface area (Å²) in [6, 6.07) is 28.1. The largest absolute Gasteiger partial charge is 0.496 e. The fourth-order valence-electron chi connectivity index (χ4n) is 5.60. The van der Waals surface area contributed by atoms with E-state index in [0.29, 0.717) is 12.1 Å². The van der Waals surface area contributed by atoms with E-state index in [0.717, 1.165) is 49.9 Å². The van der Waals surface area contributed by atoms with Gasteiger partial charge in [0, 0.05) is 30.7 Å². The molecule has 0 N–H and O–H groups in total. The summed E-state index contributed by atoms with van der Waals surface area (Å²) in [4.78, 5) is 5.22. The SMILES string of the molecule is COc1ccccc1CN(Cc1ccco1)[C@@H]1CCCC[C@H]1N(Cc1ccccc1)Cc1ccco1. The van der Waals surface area contributed by atoms with Crippen molar-refractivity contribution in [1.29, 1.82) is 0 Å². The molecule has 188 valence electrons. The highest BCUT2D eigenvalue weighted by Gasteiger charge is 2.35. The average molecular weight is 485 g/mol. The molecule has 0 saturated heterocycles. The fourth-order valence-corrected chi connectivity index (χ4v) is 5.60. The molecule has 0 unspecified atom stereocenters. The van der Waals surface area contributed by atoms with Gasteiger partial charge in [-0.25, -0.2) is 0 Å². The molecular formula is C31H36N2O3. The molecule has 0 aliphatic heterocycles. The Morgan fingerprint density at radius 1 is 0.667 bits per heavy atom. The number of ether oxygens (including phenoxy) is 1. The first-order valence-electron chi connectivity index (χ1n) is 13.0. The molecule has 5 nitrogen and oxygen atoms in total. The molecule has 5 heteroatoms. The summed E-state index contributed by atoms with van der Waals surface area (Å²) in [6.45, 7) is 3.27. The van der Waals surface area contributed by atoms with E-state index < -0.39 is 0 Å². The Bertz CT molecular complexity index is 1160. The number of hydrogen-bond donors (Lipinski definition) is 0. The van der Waals surface area contributed by atoms with Crippen molar-refractivity contribution in [3.05, 3.63) is 114 Å². The van der Waals surface area contributed by atoms with E-state index in [2.05, 4.69) is 70.5 Å². The van der Waals surface area contributed by atoms with Crippen LogP contribution in [-0.4, -0.2) is 29.0 Å². The molecular weight excluding hydrogens is 448 g/mol. The number of methoxy groups -OCH3 is 1. The van der Waals surface area contributed by atoms with Crippen molar-refractivity contribution in [3.63, 3.8) is 0 Å². The number of furan rings is 2.